The van der Waals surface area contributed by atoms with Crippen molar-refractivity contribution in [3.05, 3.63) is 0 Å². The van der Waals surface area contributed by atoms with Crippen molar-refractivity contribution >= 4 is 21.8 Å². The number of ether oxygens (including phenoxy) is 1. The van der Waals surface area contributed by atoms with Crippen LogP contribution in [0, 0.1) is 0 Å². The first-order chi connectivity index (χ1) is 7.18. The van der Waals surface area contributed by atoms with Gasteiger partial charge in [0.15, 0.2) is 0 Å². The molecule has 1 saturated heterocycles. The maximum absolute atomic E-state index is 11.4. The standard InChI is InChI=1S/C11H20BrNO2/c1-9(12)6-7-13-11(14)5-4-10-3-2-8-15-10/h9-10H,2-8H2,1H3,(H,13,14). The summed E-state index contributed by atoms with van der Waals surface area (Å²) >= 11 is 3.45. The molecule has 4 heteroatoms. The maximum Gasteiger partial charge on any atom is 0.220 e. The minimum atomic E-state index is 0.152. The number of carbonyl (C=O) groups is 1. The van der Waals surface area contributed by atoms with Crippen molar-refractivity contribution in [1.29, 1.82) is 0 Å². The predicted octanol–water partition coefficient (Wildman–Crippen LogP) is 2.24. The fourth-order valence-corrected chi connectivity index (χ4v) is 1.89. The smallest absolute Gasteiger partial charge is 0.220 e. The number of carbonyl (C=O) groups excluding carboxylic acids is 1. The lowest BCUT2D eigenvalue weighted by Crippen LogP contribution is -2.26. The highest BCUT2D eigenvalue weighted by Gasteiger charge is 2.16. The van der Waals surface area contributed by atoms with Gasteiger partial charge in [0.1, 0.15) is 0 Å². The molecule has 1 aliphatic heterocycles. The molecule has 0 aromatic heterocycles. The van der Waals surface area contributed by atoms with Gasteiger partial charge in [0.25, 0.3) is 0 Å². The Labute approximate surface area is 100 Å². The van der Waals surface area contributed by atoms with Gasteiger partial charge in [0.05, 0.1) is 6.10 Å². The van der Waals surface area contributed by atoms with Crippen molar-refractivity contribution in [3.8, 4) is 0 Å². The Morgan fingerprint density at radius 3 is 3.07 bits per heavy atom. The van der Waals surface area contributed by atoms with Gasteiger partial charge in [-0.1, -0.05) is 22.9 Å². The molecule has 3 nitrogen and oxygen atoms in total. The molecule has 0 radical (unpaired) electrons. The number of alkyl halides is 1. The molecule has 2 atom stereocenters. The first-order valence-electron chi connectivity index (χ1n) is 5.71. The van der Waals surface area contributed by atoms with Crippen LogP contribution in [0.2, 0.25) is 0 Å². The molecule has 1 heterocycles. The molecular formula is C11H20BrNO2. The lowest BCUT2D eigenvalue weighted by Gasteiger charge is -2.09. The van der Waals surface area contributed by atoms with Crippen molar-refractivity contribution in [2.24, 2.45) is 0 Å². The molecule has 0 bridgehead atoms. The Balaban J connectivity index is 1.98. The van der Waals surface area contributed by atoms with E-state index in [1.54, 1.807) is 0 Å². The van der Waals surface area contributed by atoms with E-state index in [1.807, 2.05) is 0 Å². The lowest BCUT2D eigenvalue weighted by atomic mass is 10.1. The Morgan fingerprint density at radius 2 is 2.47 bits per heavy atom. The highest BCUT2D eigenvalue weighted by molar-refractivity contribution is 9.09. The molecule has 0 spiro atoms. The number of halogens is 1. The van der Waals surface area contributed by atoms with Gasteiger partial charge < -0.3 is 10.1 Å². The summed E-state index contributed by atoms with van der Waals surface area (Å²) in [6.07, 6.45) is 5.03. The van der Waals surface area contributed by atoms with E-state index >= 15 is 0 Å². The maximum atomic E-state index is 11.4. The van der Waals surface area contributed by atoms with Gasteiger partial charge >= 0.3 is 0 Å². The highest BCUT2D eigenvalue weighted by Crippen LogP contribution is 2.16. The number of amides is 1. The Morgan fingerprint density at radius 1 is 1.67 bits per heavy atom. The Kier molecular flexibility index (Phi) is 6.25. The molecule has 1 rings (SSSR count). The van der Waals surface area contributed by atoms with Crippen molar-refractivity contribution < 1.29 is 9.53 Å². The van der Waals surface area contributed by atoms with E-state index in [1.165, 1.54) is 0 Å². The third kappa shape index (κ3) is 6.15. The monoisotopic (exact) mass is 277 g/mol. The van der Waals surface area contributed by atoms with Gasteiger partial charge in [-0.3, -0.25) is 4.79 Å². The average molecular weight is 278 g/mol. The van der Waals surface area contributed by atoms with E-state index in [0.29, 0.717) is 17.4 Å². The normalized spacial score (nSPS) is 22.7. The molecule has 1 fully saturated rings. The third-order valence-corrected chi connectivity index (χ3v) is 3.04. The summed E-state index contributed by atoms with van der Waals surface area (Å²) in [6, 6.07) is 0. The molecule has 1 aliphatic rings. The molecule has 0 saturated carbocycles. The molecule has 0 aromatic carbocycles. The van der Waals surface area contributed by atoms with E-state index in [0.717, 1.165) is 38.8 Å². The van der Waals surface area contributed by atoms with Crippen LogP contribution in [0.15, 0.2) is 0 Å². The van der Waals surface area contributed by atoms with Gasteiger partial charge in [0.2, 0.25) is 5.91 Å². The van der Waals surface area contributed by atoms with E-state index in [4.69, 9.17) is 4.74 Å². The zero-order valence-electron chi connectivity index (χ0n) is 9.30. The summed E-state index contributed by atoms with van der Waals surface area (Å²) < 4.78 is 5.46. The summed E-state index contributed by atoms with van der Waals surface area (Å²) in [6.45, 7) is 3.71. The third-order valence-electron chi connectivity index (χ3n) is 2.58. The van der Waals surface area contributed by atoms with Crippen LogP contribution in [0.4, 0.5) is 0 Å². The quantitative estimate of drug-likeness (QED) is 0.757. The molecule has 1 amide bonds. The zero-order valence-corrected chi connectivity index (χ0v) is 10.9. The SMILES string of the molecule is CC(Br)CCNC(=O)CCC1CCCO1. The van der Waals surface area contributed by atoms with Crippen LogP contribution >= 0.6 is 15.9 Å². The average Bonchev–Trinajstić information content (AvgIpc) is 2.66. The largest absolute Gasteiger partial charge is 0.378 e. The number of hydrogen-bond donors (Lipinski definition) is 1. The topological polar surface area (TPSA) is 38.3 Å². The van der Waals surface area contributed by atoms with Crippen LogP contribution in [0.25, 0.3) is 0 Å². The van der Waals surface area contributed by atoms with Crippen molar-refractivity contribution in [2.45, 2.75) is 50.0 Å². The fraction of sp³-hybridized carbons (Fsp3) is 0.909. The van der Waals surface area contributed by atoms with Crippen molar-refractivity contribution in [3.63, 3.8) is 0 Å². The minimum Gasteiger partial charge on any atom is -0.378 e. The number of nitrogens with one attached hydrogen (secondary N) is 1. The second kappa shape index (κ2) is 7.23. The van der Waals surface area contributed by atoms with Gasteiger partial charge in [-0.25, -0.2) is 0 Å². The lowest BCUT2D eigenvalue weighted by molar-refractivity contribution is -0.121. The first kappa shape index (κ1) is 13.0. The molecule has 2 unspecified atom stereocenters. The summed E-state index contributed by atoms with van der Waals surface area (Å²) in [4.78, 5) is 11.9. The van der Waals surface area contributed by atoms with Crippen molar-refractivity contribution in [2.75, 3.05) is 13.2 Å². The van der Waals surface area contributed by atoms with Crippen LogP contribution in [-0.4, -0.2) is 30.0 Å². The van der Waals surface area contributed by atoms with Crippen LogP contribution in [0.5, 0.6) is 0 Å². The highest BCUT2D eigenvalue weighted by atomic mass is 79.9. The van der Waals surface area contributed by atoms with E-state index in [9.17, 15) is 4.79 Å². The zero-order chi connectivity index (χ0) is 11.1. The summed E-state index contributed by atoms with van der Waals surface area (Å²) in [5, 5.41) is 2.91. The van der Waals surface area contributed by atoms with Crippen LogP contribution in [-0.2, 0) is 9.53 Å². The summed E-state index contributed by atoms with van der Waals surface area (Å²) in [7, 11) is 0. The van der Waals surface area contributed by atoms with Gasteiger partial charge in [-0.05, 0) is 25.7 Å². The van der Waals surface area contributed by atoms with Gasteiger partial charge in [-0.2, -0.15) is 0 Å². The molecule has 1 N–H and O–H groups in total. The molecule has 88 valence electrons. The number of rotatable bonds is 6. The van der Waals surface area contributed by atoms with Crippen molar-refractivity contribution in [1.82, 2.24) is 5.32 Å². The van der Waals surface area contributed by atoms with Crippen LogP contribution in [0.1, 0.15) is 39.0 Å². The van der Waals surface area contributed by atoms with Crippen LogP contribution < -0.4 is 5.32 Å². The van der Waals surface area contributed by atoms with E-state index in [-0.39, 0.29) is 5.91 Å². The Bertz CT molecular complexity index is 191. The molecular weight excluding hydrogens is 258 g/mol. The summed E-state index contributed by atoms with van der Waals surface area (Å²) in [5.41, 5.74) is 0. The molecule has 0 aliphatic carbocycles. The number of hydrogen-bond acceptors (Lipinski definition) is 2. The first-order valence-corrected chi connectivity index (χ1v) is 6.62. The second-order valence-corrected chi connectivity index (χ2v) is 5.66. The van der Waals surface area contributed by atoms with Gasteiger partial charge in [0, 0.05) is 24.4 Å². The van der Waals surface area contributed by atoms with Gasteiger partial charge in [-0.15, -0.1) is 0 Å². The molecule has 0 aromatic rings. The van der Waals surface area contributed by atoms with Crippen LogP contribution in [0.3, 0.4) is 0 Å². The second-order valence-electron chi connectivity index (χ2n) is 4.09. The molecule has 15 heavy (non-hydrogen) atoms. The van der Waals surface area contributed by atoms with E-state index < -0.39 is 0 Å². The Hall–Kier alpha value is -0.0900. The predicted molar refractivity (Wildman–Crippen MR) is 64.2 cm³/mol. The summed E-state index contributed by atoms with van der Waals surface area (Å²) in [5.74, 6) is 0.152. The fourth-order valence-electron chi connectivity index (χ4n) is 1.66. The minimum absolute atomic E-state index is 0.152. The van der Waals surface area contributed by atoms with E-state index in [2.05, 4.69) is 28.2 Å².